The molecule has 4 N–H and O–H groups in total. The highest BCUT2D eigenvalue weighted by molar-refractivity contribution is 6.01. The lowest BCUT2D eigenvalue weighted by atomic mass is 10.0. The minimum Gasteiger partial charge on any atom is -0.486 e. The Labute approximate surface area is 182 Å². The van der Waals surface area contributed by atoms with Crippen LogP contribution < -0.4 is 10.1 Å². The van der Waals surface area contributed by atoms with Gasteiger partial charge in [0.25, 0.3) is 0 Å². The zero-order chi connectivity index (χ0) is 23.0. The normalized spacial score (nSPS) is 12.4. The van der Waals surface area contributed by atoms with Crippen molar-refractivity contribution in [1.82, 2.24) is 5.32 Å². The number of carboxylic acid groups (broad SMARTS) is 2. The summed E-state index contributed by atoms with van der Waals surface area (Å²) in [6.45, 7) is 6.96. The number of aromatic carboxylic acids is 2. The summed E-state index contributed by atoms with van der Waals surface area (Å²) in [5.41, 5.74) is 0.501. The van der Waals surface area contributed by atoms with Gasteiger partial charge in [0, 0.05) is 6.54 Å². The summed E-state index contributed by atoms with van der Waals surface area (Å²) < 4.78 is 5.96. The number of unbranched alkanes of at least 4 members (excludes halogenated alkanes) is 1. The second-order valence-corrected chi connectivity index (χ2v) is 8.27. The van der Waals surface area contributed by atoms with Gasteiger partial charge in [-0.2, -0.15) is 0 Å². The second-order valence-electron chi connectivity index (χ2n) is 8.27. The number of aliphatic hydroxyl groups is 1. The van der Waals surface area contributed by atoms with Gasteiger partial charge < -0.3 is 25.4 Å². The molecule has 0 aromatic heterocycles. The summed E-state index contributed by atoms with van der Waals surface area (Å²) in [7, 11) is 0. The van der Waals surface area contributed by atoms with Crippen molar-refractivity contribution >= 4 is 11.9 Å². The van der Waals surface area contributed by atoms with E-state index in [-0.39, 0.29) is 11.1 Å². The van der Waals surface area contributed by atoms with E-state index in [1.807, 2.05) is 38.1 Å². The Balaban J connectivity index is 1.94. The van der Waals surface area contributed by atoms with E-state index in [0.717, 1.165) is 31.4 Å². The number of hydrogen-bond donors (Lipinski definition) is 4. The standard InChI is InChI=1S/C24H31NO6/c1-16(18-9-10-20(22(26)27)21(14-18)23(28)29)31-19-8-6-7-17(13-19)15-25-12-5-4-11-24(2,3)30/h6-10,13-14,16,25,30H,4-5,11-12,15H2,1-3H3,(H,26,27)(H,28,29). The Kier molecular flexibility index (Phi) is 8.59. The third kappa shape index (κ3) is 8.03. The van der Waals surface area contributed by atoms with Crippen LogP contribution in [-0.2, 0) is 6.54 Å². The number of nitrogens with one attached hydrogen (secondary N) is 1. The minimum atomic E-state index is -1.29. The van der Waals surface area contributed by atoms with Gasteiger partial charge in [0.05, 0.1) is 16.7 Å². The van der Waals surface area contributed by atoms with Crippen molar-refractivity contribution in [2.24, 2.45) is 0 Å². The number of benzene rings is 2. The van der Waals surface area contributed by atoms with Gasteiger partial charge in [-0.05, 0) is 82.0 Å². The Morgan fingerprint density at radius 1 is 1.03 bits per heavy atom. The predicted molar refractivity (Wildman–Crippen MR) is 118 cm³/mol. The van der Waals surface area contributed by atoms with E-state index in [2.05, 4.69) is 5.32 Å². The third-order valence-corrected chi connectivity index (χ3v) is 4.91. The fourth-order valence-electron chi connectivity index (χ4n) is 3.22. The minimum absolute atomic E-state index is 0.251. The molecule has 0 amide bonds. The maximum atomic E-state index is 11.4. The molecule has 2 aromatic carbocycles. The summed E-state index contributed by atoms with van der Waals surface area (Å²) in [5, 5.41) is 31.6. The smallest absolute Gasteiger partial charge is 0.336 e. The molecule has 0 radical (unpaired) electrons. The second kappa shape index (κ2) is 10.9. The summed E-state index contributed by atoms with van der Waals surface area (Å²) in [5.74, 6) is -1.92. The number of carboxylic acids is 2. The van der Waals surface area contributed by atoms with Crippen molar-refractivity contribution in [1.29, 1.82) is 0 Å². The molecule has 31 heavy (non-hydrogen) atoms. The lowest BCUT2D eigenvalue weighted by Crippen LogP contribution is -2.20. The molecule has 0 heterocycles. The maximum absolute atomic E-state index is 11.4. The summed E-state index contributed by atoms with van der Waals surface area (Å²) in [6.07, 6.45) is 2.25. The lowest BCUT2D eigenvalue weighted by molar-refractivity contribution is 0.0651. The molecule has 0 fully saturated rings. The van der Waals surface area contributed by atoms with Gasteiger partial charge in [-0.3, -0.25) is 0 Å². The van der Waals surface area contributed by atoms with E-state index in [9.17, 15) is 19.8 Å². The van der Waals surface area contributed by atoms with Crippen molar-refractivity contribution in [3.63, 3.8) is 0 Å². The Hall–Kier alpha value is -2.90. The first-order chi connectivity index (χ1) is 14.6. The SMILES string of the molecule is CC(Oc1cccc(CNCCCCC(C)(C)O)c1)c1ccc(C(=O)O)c(C(=O)O)c1. The van der Waals surface area contributed by atoms with Gasteiger partial charge in [-0.1, -0.05) is 18.2 Å². The van der Waals surface area contributed by atoms with Crippen LogP contribution in [-0.4, -0.2) is 39.4 Å². The average molecular weight is 430 g/mol. The zero-order valence-electron chi connectivity index (χ0n) is 18.2. The number of carbonyl (C=O) groups is 2. The van der Waals surface area contributed by atoms with E-state index in [4.69, 9.17) is 9.84 Å². The van der Waals surface area contributed by atoms with Crippen molar-refractivity contribution in [3.05, 3.63) is 64.7 Å². The predicted octanol–water partition coefficient (Wildman–Crippen LogP) is 4.25. The first-order valence-electron chi connectivity index (χ1n) is 10.4. The Morgan fingerprint density at radius 3 is 2.39 bits per heavy atom. The lowest BCUT2D eigenvalue weighted by Gasteiger charge is -2.17. The zero-order valence-corrected chi connectivity index (χ0v) is 18.2. The van der Waals surface area contributed by atoms with Crippen LogP contribution >= 0.6 is 0 Å². The molecule has 1 atom stereocenters. The fraction of sp³-hybridized carbons (Fsp3) is 0.417. The molecule has 0 aliphatic heterocycles. The highest BCUT2D eigenvalue weighted by Gasteiger charge is 2.19. The van der Waals surface area contributed by atoms with Gasteiger partial charge >= 0.3 is 11.9 Å². The van der Waals surface area contributed by atoms with Gasteiger partial charge in [0.2, 0.25) is 0 Å². The average Bonchev–Trinajstić information content (AvgIpc) is 2.69. The molecule has 0 aliphatic carbocycles. The number of hydrogen-bond acceptors (Lipinski definition) is 5. The summed E-state index contributed by atoms with van der Waals surface area (Å²) in [6, 6.07) is 11.8. The number of ether oxygens (including phenoxy) is 1. The first kappa shape index (κ1) is 24.4. The van der Waals surface area contributed by atoms with E-state index in [1.54, 1.807) is 13.0 Å². The topological polar surface area (TPSA) is 116 Å². The first-order valence-corrected chi connectivity index (χ1v) is 10.4. The largest absolute Gasteiger partial charge is 0.486 e. The van der Waals surface area contributed by atoms with Crippen LogP contribution in [0.2, 0.25) is 0 Å². The molecular weight excluding hydrogens is 398 g/mol. The van der Waals surface area contributed by atoms with Crippen molar-refractivity contribution < 1.29 is 29.6 Å². The van der Waals surface area contributed by atoms with E-state index >= 15 is 0 Å². The monoisotopic (exact) mass is 429 g/mol. The molecule has 168 valence electrons. The van der Waals surface area contributed by atoms with Crippen molar-refractivity contribution in [3.8, 4) is 5.75 Å². The quantitative estimate of drug-likeness (QED) is 0.373. The van der Waals surface area contributed by atoms with Gasteiger partial charge in [0.1, 0.15) is 11.9 Å². The molecule has 2 aromatic rings. The van der Waals surface area contributed by atoms with Crippen LogP contribution in [0.15, 0.2) is 42.5 Å². The third-order valence-electron chi connectivity index (χ3n) is 4.91. The Bertz CT molecular complexity index is 903. The van der Waals surface area contributed by atoms with Crippen LogP contribution in [0.5, 0.6) is 5.75 Å². The van der Waals surface area contributed by atoms with Crippen molar-refractivity contribution in [2.75, 3.05) is 6.54 Å². The van der Waals surface area contributed by atoms with E-state index in [0.29, 0.717) is 17.9 Å². The number of rotatable bonds is 12. The molecular formula is C24H31NO6. The molecule has 0 bridgehead atoms. The summed E-state index contributed by atoms with van der Waals surface area (Å²) >= 11 is 0. The van der Waals surface area contributed by atoms with Crippen molar-refractivity contribution in [2.45, 2.75) is 58.3 Å². The van der Waals surface area contributed by atoms with Crippen LogP contribution in [0.1, 0.15) is 78.0 Å². The molecule has 0 spiro atoms. The van der Waals surface area contributed by atoms with E-state index < -0.39 is 23.6 Å². The molecule has 7 nitrogen and oxygen atoms in total. The molecule has 2 rings (SSSR count). The molecule has 0 aliphatic rings. The Morgan fingerprint density at radius 2 is 1.74 bits per heavy atom. The van der Waals surface area contributed by atoms with Crippen LogP contribution in [0.25, 0.3) is 0 Å². The highest BCUT2D eigenvalue weighted by atomic mass is 16.5. The fourth-order valence-corrected chi connectivity index (χ4v) is 3.22. The van der Waals surface area contributed by atoms with Gasteiger partial charge in [-0.25, -0.2) is 9.59 Å². The van der Waals surface area contributed by atoms with Crippen LogP contribution in [0, 0.1) is 0 Å². The highest BCUT2D eigenvalue weighted by Crippen LogP contribution is 2.25. The van der Waals surface area contributed by atoms with Crippen LogP contribution in [0.3, 0.4) is 0 Å². The molecule has 0 saturated carbocycles. The summed E-state index contributed by atoms with van der Waals surface area (Å²) in [4.78, 5) is 22.6. The van der Waals surface area contributed by atoms with Gasteiger partial charge in [-0.15, -0.1) is 0 Å². The maximum Gasteiger partial charge on any atom is 0.336 e. The molecule has 0 saturated heterocycles. The van der Waals surface area contributed by atoms with E-state index in [1.165, 1.54) is 12.1 Å². The van der Waals surface area contributed by atoms with Gasteiger partial charge in [0.15, 0.2) is 0 Å². The van der Waals surface area contributed by atoms with Crippen LogP contribution in [0.4, 0.5) is 0 Å². The molecule has 7 heteroatoms. The molecule has 1 unspecified atom stereocenters.